The second-order valence-electron chi connectivity index (χ2n) is 2.71. The molecule has 0 aliphatic heterocycles. The van der Waals surface area contributed by atoms with Crippen molar-refractivity contribution >= 4 is 12.4 Å². The fourth-order valence-corrected chi connectivity index (χ4v) is 1.06. The molecule has 1 aliphatic rings. The second kappa shape index (κ2) is 3.40. The van der Waals surface area contributed by atoms with Crippen LogP contribution in [0.4, 0.5) is 0 Å². The maximum absolute atomic E-state index is 8.60. The van der Waals surface area contributed by atoms with Crippen molar-refractivity contribution < 1.29 is 5.11 Å². The van der Waals surface area contributed by atoms with Crippen molar-refractivity contribution in [2.75, 3.05) is 20.7 Å². The maximum Gasteiger partial charge on any atom is 0.0474 e. The Kier molecular flexibility index (Phi) is 3.48. The molecule has 1 saturated carbocycles. The van der Waals surface area contributed by atoms with Gasteiger partial charge in [0.05, 0.1) is 0 Å². The van der Waals surface area contributed by atoms with Gasteiger partial charge in [0.25, 0.3) is 0 Å². The number of aliphatic hydroxyl groups is 1. The third-order valence-electron chi connectivity index (χ3n) is 1.78. The van der Waals surface area contributed by atoms with E-state index in [9.17, 15) is 0 Å². The summed E-state index contributed by atoms with van der Waals surface area (Å²) < 4.78 is 0. The molecule has 0 aromatic heterocycles. The van der Waals surface area contributed by atoms with Crippen LogP contribution in [0.3, 0.4) is 0 Å². The molecular weight excluding hydrogens is 138 g/mol. The van der Waals surface area contributed by atoms with E-state index in [-0.39, 0.29) is 12.4 Å². The summed E-state index contributed by atoms with van der Waals surface area (Å²) in [6.45, 7) is 0.364. The minimum atomic E-state index is 0. The van der Waals surface area contributed by atoms with Crippen LogP contribution in [0.1, 0.15) is 6.42 Å². The van der Waals surface area contributed by atoms with Crippen molar-refractivity contribution in [2.45, 2.75) is 12.5 Å². The fraction of sp³-hybridized carbons (Fsp3) is 1.00. The van der Waals surface area contributed by atoms with Gasteiger partial charge in [0.2, 0.25) is 0 Å². The van der Waals surface area contributed by atoms with Crippen LogP contribution in [0.2, 0.25) is 0 Å². The average molecular weight is 152 g/mol. The van der Waals surface area contributed by atoms with Crippen molar-refractivity contribution in [1.82, 2.24) is 4.90 Å². The van der Waals surface area contributed by atoms with E-state index < -0.39 is 0 Å². The summed E-state index contributed by atoms with van der Waals surface area (Å²) in [5.41, 5.74) is 0. The molecular formula is C6H14ClNO. The Balaban J connectivity index is 0.000000640. The van der Waals surface area contributed by atoms with E-state index in [0.29, 0.717) is 18.6 Å². The summed E-state index contributed by atoms with van der Waals surface area (Å²) in [5, 5.41) is 8.60. The van der Waals surface area contributed by atoms with E-state index in [0.717, 1.165) is 0 Å². The Hall–Kier alpha value is 0.210. The number of nitrogens with zero attached hydrogens (tertiary/aromatic N) is 1. The second-order valence-corrected chi connectivity index (χ2v) is 2.71. The van der Waals surface area contributed by atoms with E-state index in [4.69, 9.17) is 5.11 Å². The first-order valence-electron chi connectivity index (χ1n) is 3.03. The predicted molar refractivity (Wildman–Crippen MR) is 39.9 cm³/mol. The summed E-state index contributed by atoms with van der Waals surface area (Å²) in [4.78, 5) is 2.17. The largest absolute Gasteiger partial charge is 0.396 e. The Bertz CT molecular complexity index is 87.1. The standard InChI is InChI=1S/C6H13NO.ClH/c1-7(2)6-3-5(6)4-8;/h5-6,8H,3-4H2,1-2H3;1H/t5-,6-;/m0./s1. The number of halogens is 1. The molecule has 2 nitrogen and oxygen atoms in total. The van der Waals surface area contributed by atoms with E-state index in [2.05, 4.69) is 19.0 Å². The molecule has 1 fully saturated rings. The smallest absolute Gasteiger partial charge is 0.0474 e. The van der Waals surface area contributed by atoms with Gasteiger partial charge in [-0.05, 0) is 26.4 Å². The van der Waals surface area contributed by atoms with Gasteiger partial charge in [-0.1, -0.05) is 0 Å². The highest BCUT2D eigenvalue weighted by atomic mass is 35.5. The van der Waals surface area contributed by atoms with E-state index in [1.165, 1.54) is 6.42 Å². The Labute approximate surface area is 62.3 Å². The molecule has 0 saturated heterocycles. The molecule has 9 heavy (non-hydrogen) atoms. The Morgan fingerprint density at radius 1 is 1.56 bits per heavy atom. The molecule has 0 radical (unpaired) electrons. The molecule has 0 heterocycles. The average Bonchev–Trinajstić information content (AvgIpc) is 2.42. The molecule has 1 rings (SSSR count). The van der Waals surface area contributed by atoms with Gasteiger partial charge < -0.3 is 10.0 Å². The van der Waals surface area contributed by atoms with Gasteiger partial charge in [0, 0.05) is 12.6 Å². The molecule has 0 bridgehead atoms. The van der Waals surface area contributed by atoms with Crippen LogP contribution >= 0.6 is 12.4 Å². The monoisotopic (exact) mass is 151 g/mol. The van der Waals surface area contributed by atoms with E-state index in [1.54, 1.807) is 0 Å². The Morgan fingerprint density at radius 2 is 2.11 bits per heavy atom. The third-order valence-corrected chi connectivity index (χ3v) is 1.78. The SMILES string of the molecule is CN(C)[C@H]1C[C@H]1CO.Cl. The normalized spacial score (nSPS) is 32.0. The lowest BCUT2D eigenvalue weighted by Gasteiger charge is -2.06. The molecule has 0 aromatic rings. The summed E-state index contributed by atoms with van der Waals surface area (Å²) in [6, 6.07) is 0.667. The van der Waals surface area contributed by atoms with Crippen molar-refractivity contribution in [3.63, 3.8) is 0 Å². The van der Waals surface area contributed by atoms with Gasteiger partial charge in [-0.25, -0.2) is 0 Å². The maximum atomic E-state index is 8.60. The van der Waals surface area contributed by atoms with Crippen molar-refractivity contribution in [1.29, 1.82) is 0 Å². The lowest BCUT2D eigenvalue weighted by atomic mass is 10.4. The summed E-state index contributed by atoms with van der Waals surface area (Å²) >= 11 is 0. The van der Waals surface area contributed by atoms with Gasteiger partial charge in [-0.3, -0.25) is 0 Å². The lowest BCUT2D eigenvalue weighted by molar-refractivity contribution is 0.253. The van der Waals surface area contributed by atoms with Gasteiger partial charge in [0.15, 0.2) is 0 Å². The minimum absolute atomic E-state index is 0. The van der Waals surface area contributed by atoms with Crippen molar-refractivity contribution in [3.8, 4) is 0 Å². The Morgan fingerprint density at radius 3 is 2.22 bits per heavy atom. The highest BCUT2D eigenvalue weighted by molar-refractivity contribution is 5.85. The first-order chi connectivity index (χ1) is 3.75. The third kappa shape index (κ3) is 2.12. The van der Waals surface area contributed by atoms with Gasteiger partial charge in [-0.15, -0.1) is 12.4 Å². The summed E-state index contributed by atoms with van der Waals surface area (Å²) in [7, 11) is 4.11. The van der Waals surface area contributed by atoms with Crippen molar-refractivity contribution in [3.05, 3.63) is 0 Å². The van der Waals surface area contributed by atoms with Crippen LogP contribution in [0.15, 0.2) is 0 Å². The quantitative estimate of drug-likeness (QED) is 0.616. The lowest BCUT2D eigenvalue weighted by Crippen LogP contribution is -2.16. The topological polar surface area (TPSA) is 23.5 Å². The highest BCUT2D eigenvalue weighted by Gasteiger charge is 2.37. The summed E-state index contributed by atoms with van der Waals surface area (Å²) in [5.74, 6) is 0.574. The predicted octanol–water partition coefficient (Wildman–Crippen LogP) is 0.351. The van der Waals surface area contributed by atoms with Crippen molar-refractivity contribution in [2.24, 2.45) is 5.92 Å². The van der Waals surface area contributed by atoms with Crippen LogP contribution in [-0.4, -0.2) is 36.8 Å². The van der Waals surface area contributed by atoms with E-state index in [1.807, 2.05) is 0 Å². The molecule has 56 valence electrons. The zero-order valence-corrected chi connectivity index (χ0v) is 6.69. The van der Waals surface area contributed by atoms with Crippen LogP contribution in [-0.2, 0) is 0 Å². The fourth-order valence-electron chi connectivity index (χ4n) is 1.06. The molecule has 2 atom stereocenters. The zero-order chi connectivity index (χ0) is 6.15. The van der Waals surface area contributed by atoms with Crippen LogP contribution in [0.5, 0.6) is 0 Å². The van der Waals surface area contributed by atoms with Crippen LogP contribution in [0, 0.1) is 5.92 Å². The molecule has 3 heteroatoms. The van der Waals surface area contributed by atoms with Crippen LogP contribution < -0.4 is 0 Å². The molecule has 0 spiro atoms. The number of hydrogen-bond acceptors (Lipinski definition) is 2. The molecule has 1 aliphatic carbocycles. The van der Waals surface area contributed by atoms with Gasteiger partial charge in [-0.2, -0.15) is 0 Å². The molecule has 0 amide bonds. The highest BCUT2D eigenvalue weighted by Crippen LogP contribution is 2.32. The minimum Gasteiger partial charge on any atom is -0.396 e. The molecule has 1 N–H and O–H groups in total. The molecule has 0 aromatic carbocycles. The van der Waals surface area contributed by atoms with Gasteiger partial charge in [0.1, 0.15) is 0 Å². The number of rotatable bonds is 2. The number of aliphatic hydroxyl groups excluding tert-OH is 1. The number of hydrogen-bond donors (Lipinski definition) is 1. The summed E-state index contributed by atoms with van der Waals surface area (Å²) in [6.07, 6.45) is 1.18. The van der Waals surface area contributed by atoms with Gasteiger partial charge >= 0.3 is 0 Å². The molecule has 0 unspecified atom stereocenters. The van der Waals surface area contributed by atoms with E-state index >= 15 is 0 Å². The zero-order valence-electron chi connectivity index (χ0n) is 5.87. The first-order valence-corrected chi connectivity index (χ1v) is 3.03. The van der Waals surface area contributed by atoms with Crippen LogP contribution in [0.25, 0.3) is 0 Å². The first kappa shape index (κ1) is 9.21.